The van der Waals surface area contributed by atoms with Crippen LogP contribution in [0.25, 0.3) is 0 Å². The van der Waals surface area contributed by atoms with E-state index in [4.69, 9.17) is 5.26 Å². The molecule has 4 rings (SSSR count). The number of rotatable bonds is 1. The molecule has 3 aliphatic rings. The Morgan fingerprint density at radius 2 is 2.09 bits per heavy atom. The standard InChI is InChI=1S/C18H19N3OS/c1-10-2-7-13-14(8-10)23-18-15(13)17(22)20-16(21-18)12-5-3-11(9-19)4-6-12/h3-6,10,15-16,18,21H,2,7-8H2,1H3,(H,20,22). The third-order valence-corrected chi connectivity index (χ3v) is 6.39. The normalized spacial score (nSPS) is 32.8. The third-order valence-electron chi connectivity index (χ3n) is 5.02. The zero-order valence-corrected chi connectivity index (χ0v) is 13.8. The number of carbonyl (C=O) groups is 1. The molecule has 0 radical (unpaired) electrons. The van der Waals surface area contributed by atoms with Gasteiger partial charge in [0, 0.05) is 0 Å². The molecule has 2 N–H and O–H groups in total. The molecule has 4 atom stereocenters. The lowest BCUT2D eigenvalue weighted by molar-refractivity contribution is -0.127. The van der Waals surface area contributed by atoms with Gasteiger partial charge in [-0.05, 0) is 53.4 Å². The van der Waals surface area contributed by atoms with Crippen LogP contribution in [0.1, 0.15) is 43.5 Å². The zero-order valence-electron chi connectivity index (χ0n) is 13.0. The van der Waals surface area contributed by atoms with E-state index in [0.29, 0.717) is 5.56 Å². The van der Waals surface area contributed by atoms with E-state index < -0.39 is 0 Å². The highest BCUT2D eigenvalue weighted by Gasteiger charge is 2.45. The van der Waals surface area contributed by atoms with Gasteiger partial charge in [-0.1, -0.05) is 19.1 Å². The quantitative estimate of drug-likeness (QED) is 0.833. The van der Waals surface area contributed by atoms with Gasteiger partial charge in [-0.2, -0.15) is 5.26 Å². The summed E-state index contributed by atoms with van der Waals surface area (Å²) < 4.78 is 0. The Labute approximate surface area is 140 Å². The lowest BCUT2D eigenvalue weighted by atomic mass is 9.83. The van der Waals surface area contributed by atoms with Crippen molar-refractivity contribution in [3.63, 3.8) is 0 Å². The fourth-order valence-electron chi connectivity index (χ4n) is 3.74. The Balaban J connectivity index is 1.55. The molecule has 2 heterocycles. The summed E-state index contributed by atoms with van der Waals surface area (Å²) in [6.45, 7) is 2.29. The van der Waals surface area contributed by atoms with Gasteiger partial charge >= 0.3 is 0 Å². The number of nitrogens with zero attached hydrogens (tertiary/aromatic N) is 1. The maximum atomic E-state index is 12.7. The maximum Gasteiger partial charge on any atom is 0.231 e. The van der Waals surface area contributed by atoms with Crippen LogP contribution in [-0.4, -0.2) is 11.3 Å². The molecule has 4 unspecified atom stereocenters. The average molecular weight is 325 g/mol. The van der Waals surface area contributed by atoms with E-state index in [1.807, 2.05) is 23.9 Å². The van der Waals surface area contributed by atoms with Gasteiger partial charge < -0.3 is 5.32 Å². The van der Waals surface area contributed by atoms with Crippen molar-refractivity contribution >= 4 is 17.7 Å². The number of hydrogen-bond donors (Lipinski definition) is 2. The molecule has 1 aliphatic carbocycles. The second kappa shape index (κ2) is 5.70. The molecule has 118 valence electrons. The first-order chi connectivity index (χ1) is 11.2. The fraction of sp³-hybridized carbons (Fsp3) is 0.444. The summed E-state index contributed by atoms with van der Waals surface area (Å²) in [7, 11) is 0. The van der Waals surface area contributed by atoms with E-state index in [0.717, 1.165) is 24.3 Å². The van der Waals surface area contributed by atoms with Crippen LogP contribution >= 0.6 is 11.8 Å². The summed E-state index contributed by atoms with van der Waals surface area (Å²) in [6, 6.07) is 9.53. The van der Waals surface area contributed by atoms with Crippen LogP contribution in [0.2, 0.25) is 0 Å². The van der Waals surface area contributed by atoms with Gasteiger partial charge in [0.1, 0.15) is 6.17 Å². The van der Waals surface area contributed by atoms with E-state index in [9.17, 15) is 4.79 Å². The van der Waals surface area contributed by atoms with E-state index >= 15 is 0 Å². The highest BCUT2D eigenvalue weighted by Crippen LogP contribution is 2.50. The highest BCUT2D eigenvalue weighted by molar-refractivity contribution is 8.04. The molecule has 5 heteroatoms. The first kappa shape index (κ1) is 14.8. The minimum Gasteiger partial charge on any atom is -0.336 e. The van der Waals surface area contributed by atoms with E-state index in [1.165, 1.54) is 16.9 Å². The molecule has 2 aliphatic heterocycles. The van der Waals surface area contributed by atoms with E-state index in [2.05, 4.69) is 23.6 Å². The fourth-order valence-corrected chi connectivity index (χ4v) is 5.44. The Morgan fingerprint density at radius 3 is 2.83 bits per heavy atom. The van der Waals surface area contributed by atoms with Crippen molar-refractivity contribution in [3.05, 3.63) is 45.9 Å². The largest absolute Gasteiger partial charge is 0.336 e. The van der Waals surface area contributed by atoms with Crippen LogP contribution in [0.15, 0.2) is 34.7 Å². The first-order valence-corrected chi connectivity index (χ1v) is 8.98. The second-order valence-electron chi connectivity index (χ2n) is 6.65. The number of nitrogens with one attached hydrogen (secondary N) is 2. The van der Waals surface area contributed by atoms with Crippen molar-refractivity contribution in [3.8, 4) is 6.07 Å². The zero-order chi connectivity index (χ0) is 16.0. The maximum absolute atomic E-state index is 12.7. The van der Waals surface area contributed by atoms with Crippen LogP contribution in [0, 0.1) is 23.2 Å². The van der Waals surface area contributed by atoms with Crippen molar-refractivity contribution in [2.24, 2.45) is 11.8 Å². The van der Waals surface area contributed by atoms with Gasteiger partial charge in [0.05, 0.1) is 22.9 Å². The molecule has 1 aromatic rings. The van der Waals surface area contributed by atoms with Gasteiger partial charge in [0.2, 0.25) is 5.91 Å². The van der Waals surface area contributed by atoms with Crippen molar-refractivity contribution in [2.45, 2.75) is 37.7 Å². The molecule has 0 saturated carbocycles. The van der Waals surface area contributed by atoms with E-state index in [-0.39, 0.29) is 23.4 Å². The number of fused-ring (bicyclic) bond motifs is 2. The van der Waals surface area contributed by atoms with Crippen molar-refractivity contribution in [2.75, 3.05) is 0 Å². The Morgan fingerprint density at radius 1 is 1.30 bits per heavy atom. The predicted molar refractivity (Wildman–Crippen MR) is 90.1 cm³/mol. The first-order valence-electron chi connectivity index (χ1n) is 8.11. The molecule has 4 nitrogen and oxygen atoms in total. The smallest absolute Gasteiger partial charge is 0.231 e. The summed E-state index contributed by atoms with van der Waals surface area (Å²) in [6.07, 6.45) is 3.18. The van der Waals surface area contributed by atoms with Crippen LogP contribution in [0.3, 0.4) is 0 Å². The van der Waals surface area contributed by atoms with Crippen molar-refractivity contribution < 1.29 is 4.79 Å². The van der Waals surface area contributed by atoms with Crippen LogP contribution in [0.4, 0.5) is 0 Å². The molecule has 23 heavy (non-hydrogen) atoms. The molecule has 0 aromatic heterocycles. The van der Waals surface area contributed by atoms with Gasteiger partial charge in [0.25, 0.3) is 0 Å². The van der Waals surface area contributed by atoms with Crippen LogP contribution in [-0.2, 0) is 4.79 Å². The molecule has 1 amide bonds. The Hall–Kier alpha value is -1.77. The van der Waals surface area contributed by atoms with Crippen LogP contribution < -0.4 is 10.6 Å². The Bertz CT molecular complexity index is 719. The minimum atomic E-state index is -0.178. The monoisotopic (exact) mass is 325 g/mol. The number of carbonyl (C=O) groups excluding carboxylic acids is 1. The number of nitriles is 1. The number of allylic oxidation sites excluding steroid dienone is 1. The van der Waals surface area contributed by atoms with E-state index in [1.54, 1.807) is 12.1 Å². The molecule has 1 saturated heterocycles. The third kappa shape index (κ3) is 2.56. The summed E-state index contributed by atoms with van der Waals surface area (Å²) in [5, 5.41) is 15.7. The van der Waals surface area contributed by atoms with Crippen molar-refractivity contribution in [1.29, 1.82) is 5.26 Å². The summed E-state index contributed by atoms with van der Waals surface area (Å²) in [5.41, 5.74) is 2.99. The molecule has 1 aromatic carbocycles. The van der Waals surface area contributed by atoms with Gasteiger partial charge in [0.15, 0.2) is 0 Å². The van der Waals surface area contributed by atoms with Crippen molar-refractivity contribution in [1.82, 2.24) is 10.6 Å². The number of amides is 1. The predicted octanol–water partition coefficient (Wildman–Crippen LogP) is 3.04. The highest BCUT2D eigenvalue weighted by atomic mass is 32.2. The van der Waals surface area contributed by atoms with Gasteiger partial charge in [-0.3, -0.25) is 10.1 Å². The average Bonchev–Trinajstić information content (AvgIpc) is 2.92. The Kier molecular flexibility index (Phi) is 3.67. The lowest BCUT2D eigenvalue weighted by Gasteiger charge is -2.34. The SMILES string of the molecule is CC1CCC2=C(C1)SC1NC(c3ccc(C#N)cc3)NC(=O)C21. The summed E-state index contributed by atoms with van der Waals surface area (Å²) >= 11 is 1.85. The second-order valence-corrected chi connectivity index (χ2v) is 7.89. The topological polar surface area (TPSA) is 64.9 Å². The summed E-state index contributed by atoms with van der Waals surface area (Å²) in [4.78, 5) is 14.1. The van der Waals surface area contributed by atoms with Gasteiger partial charge in [-0.25, -0.2) is 0 Å². The summed E-state index contributed by atoms with van der Waals surface area (Å²) in [5.74, 6) is 0.839. The molecule has 1 fully saturated rings. The molecule has 0 bridgehead atoms. The number of thioether (sulfide) groups is 1. The molecule has 0 spiro atoms. The number of benzene rings is 1. The van der Waals surface area contributed by atoms with Crippen LogP contribution in [0.5, 0.6) is 0 Å². The number of hydrogen-bond acceptors (Lipinski definition) is 4. The van der Waals surface area contributed by atoms with Gasteiger partial charge in [-0.15, -0.1) is 11.8 Å². The molecular formula is C18H19N3OS. The lowest BCUT2D eigenvalue weighted by Crippen LogP contribution is -2.54. The minimum absolute atomic E-state index is 0.0165. The molecular weight excluding hydrogens is 306 g/mol.